The van der Waals surface area contributed by atoms with Crippen molar-refractivity contribution in [3.8, 4) is 0 Å². The molecule has 2 rings (SSSR count). The van der Waals surface area contributed by atoms with Gasteiger partial charge in [-0.25, -0.2) is 14.6 Å². The Morgan fingerprint density at radius 2 is 2.15 bits per heavy atom. The predicted molar refractivity (Wildman–Crippen MR) is 73.3 cm³/mol. The van der Waals surface area contributed by atoms with Crippen LogP contribution < -0.4 is 10.6 Å². The van der Waals surface area contributed by atoms with E-state index >= 15 is 0 Å². The third kappa shape index (κ3) is 4.22. The highest BCUT2D eigenvalue weighted by atomic mass is 16.4. The predicted octanol–water partition coefficient (Wildman–Crippen LogP) is 1.63. The third-order valence-corrected chi connectivity index (χ3v) is 3.51. The van der Waals surface area contributed by atoms with Crippen LogP contribution in [0.15, 0.2) is 18.3 Å². The molecule has 1 aliphatic rings. The number of rotatable bonds is 6. The highest BCUT2D eigenvalue weighted by Gasteiger charge is 2.27. The first-order valence-corrected chi connectivity index (χ1v) is 6.76. The monoisotopic (exact) mass is 277 g/mol. The molecule has 6 nitrogen and oxygen atoms in total. The molecule has 1 heterocycles. The number of amides is 2. The molecule has 0 spiro atoms. The highest BCUT2D eigenvalue weighted by Crippen LogP contribution is 2.35. The van der Waals surface area contributed by atoms with Crippen LogP contribution >= 0.6 is 0 Å². The summed E-state index contributed by atoms with van der Waals surface area (Å²) in [7, 11) is 0. The summed E-state index contributed by atoms with van der Waals surface area (Å²) in [4.78, 5) is 26.0. The van der Waals surface area contributed by atoms with Crippen molar-refractivity contribution in [2.75, 3.05) is 6.54 Å². The Kier molecular flexibility index (Phi) is 4.55. The highest BCUT2D eigenvalue weighted by molar-refractivity contribution is 5.85. The van der Waals surface area contributed by atoms with Crippen LogP contribution in [0.2, 0.25) is 0 Å². The second-order valence-electron chi connectivity index (χ2n) is 5.24. The van der Waals surface area contributed by atoms with Crippen LogP contribution in [-0.4, -0.2) is 28.6 Å². The molecule has 1 aromatic rings. The lowest BCUT2D eigenvalue weighted by Gasteiger charge is -2.12. The van der Waals surface area contributed by atoms with Crippen LogP contribution in [0.1, 0.15) is 35.8 Å². The standard InChI is InChI=1S/C14H19N3O3/c1-9(11-3-4-11)6-16-14(20)17-8-10-2-5-12(13(18)19)15-7-10/h2,5,7,9,11H,3-4,6,8H2,1H3,(H,18,19)(H2,16,17,20). The molecule has 3 N–H and O–H groups in total. The number of carboxylic acids is 1. The Morgan fingerprint density at radius 1 is 1.40 bits per heavy atom. The van der Waals surface area contributed by atoms with Gasteiger partial charge >= 0.3 is 12.0 Å². The van der Waals surface area contributed by atoms with E-state index in [0.29, 0.717) is 19.0 Å². The molecule has 6 heteroatoms. The molecule has 1 aliphatic carbocycles. The van der Waals surface area contributed by atoms with E-state index in [1.807, 2.05) is 0 Å². The van der Waals surface area contributed by atoms with E-state index in [1.165, 1.54) is 25.1 Å². The van der Waals surface area contributed by atoms with E-state index in [1.54, 1.807) is 6.07 Å². The van der Waals surface area contributed by atoms with Gasteiger partial charge < -0.3 is 15.7 Å². The Bertz CT molecular complexity index is 483. The number of hydrogen-bond acceptors (Lipinski definition) is 3. The van der Waals surface area contributed by atoms with Crippen LogP contribution in [0, 0.1) is 11.8 Å². The number of pyridine rings is 1. The summed E-state index contributed by atoms with van der Waals surface area (Å²) in [6.45, 7) is 3.16. The number of nitrogens with one attached hydrogen (secondary N) is 2. The number of carbonyl (C=O) groups is 2. The molecule has 108 valence electrons. The molecule has 1 unspecified atom stereocenters. The Morgan fingerprint density at radius 3 is 2.70 bits per heavy atom. The minimum atomic E-state index is -1.06. The van der Waals surface area contributed by atoms with Gasteiger partial charge in [0.05, 0.1) is 0 Å². The molecule has 0 saturated heterocycles. The molecule has 1 atom stereocenters. The zero-order valence-electron chi connectivity index (χ0n) is 11.4. The normalized spacial score (nSPS) is 15.4. The SMILES string of the molecule is CC(CNC(=O)NCc1ccc(C(=O)O)nc1)C1CC1. The zero-order chi connectivity index (χ0) is 14.5. The molecule has 1 fully saturated rings. The first kappa shape index (κ1) is 14.3. The molecule has 0 aliphatic heterocycles. The van der Waals surface area contributed by atoms with Crippen molar-refractivity contribution < 1.29 is 14.7 Å². The molecule has 0 aromatic carbocycles. The number of nitrogens with zero attached hydrogens (tertiary/aromatic N) is 1. The first-order valence-electron chi connectivity index (χ1n) is 6.76. The van der Waals surface area contributed by atoms with Crippen molar-refractivity contribution in [1.82, 2.24) is 15.6 Å². The van der Waals surface area contributed by atoms with Gasteiger partial charge in [-0.15, -0.1) is 0 Å². The maximum Gasteiger partial charge on any atom is 0.354 e. The second kappa shape index (κ2) is 6.36. The van der Waals surface area contributed by atoms with Gasteiger partial charge in [0.25, 0.3) is 0 Å². The average molecular weight is 277 g/mol. The Labute approximate surface area is 117 Å². The molecule has 20 heavy (non-hydrogen) atoms. The average Bonchev–Trinajstić information content (AvgIpc) is 3.27. The summed E-state index contributed by atoms with van der Waals surface area (Å²) in [5, 5.41) is 14.3. The van der Waals surface area contributed by atoms with Gasteiger partial charge in [-0.05, 0) is 36.3 Å². The fourth-order valence-corrected chi connectivity index (χ4v) is 1.99. The summed E-state index contributed by atoms with van der Waals surface area (Å²) < 4.78 is 0. The van der Waals surface area contributed by atoms with E-state index < -0.39 is 5.97 Å². The van der Waals surface area contributed by atoms with Crippen molar-refractivity contribution >= 4 is 12.0 Å². The maximum atomic E-state index is 11.6. The molecule has 1 aromatic heterocycles. The summed E-state index contributed by atoms with van der Waals surface area (Å²) in [5.74, 6) is 0.233. The van der Waals surface area contributed by atoms with Crippen molar-refractivity contribution in [3.05, 3.63) is 29.6 Å². The first-order chi connectivity index (χ1) is 9.56. The van der Waals surface area contributed by atoms with Crippen LogP contribution in [0.25, 0.3) is 0 Å². The number of carbonyl (C=O) groups excluding carboxylic acids is 1. The smallest absolute Gasteiger partial charge is 0.354 e. The van der Waals surface area contributed by atoms with Gasteiger partial charge in [-0.3, -0.25) is 0 Å². The molecule has 2 amide bonds. The molecular weight excluding hydrogens is 258 g/mol. The van der Waals surface area contributed by atoms with E-state index in [9.17, 15) is 9.59 Å². The van der Waals surface area contributed by atoms with Crippen molar-refractivity contribution in [2.24, 2.45) is 11.8 Å². The summed E-state index contributed by atoms with van der Waals surface area (Å²) >= 11 is 0. The lowest BCUT2D eigenvalue weighted by Crippen LogP contribution is -2.37. The van der Waals surface area contributed by atoms with Gasteiger partial charge in [-0.2, -0.15) is 0 Å². The minimum Gasteiger partial charge on any atom is -0.477 e. The minimum absolute atomic E-state index is 0.00328. The fourth-order valence-electron chi connectivity index (χ4n) is 1.99. The van der Waals surface area contributed by atoms with E-state index in [0.717, 1.165) is 11.5 Å². The number of aromatic nitrogens is 1. The van der Waals surface area contributed by atoms with Crippen molar-refractivity contribution in [3.63, 3.8) is 0 Å². The Hall–Kier alpha value is -2.11. The second-order valence-corrected chi connectivity index (χ2v) is 5.24. The summed E-state index contributed by atoms with van der Waals surface area (Å²) in [6, 6.07) is 2.86. The topological polar surface area (TPSA) is 91.3 Å². The molecule has 0 radical (unpaired) electrons. The zero-order valence-corrected chi connectivity index (χ0v) is 11.4. The van der Waals surface area contributed by atoms with E-state index in [2.05, 4.69) is 22.5 Å². The summed E-state index contributed by atoms with van der Waals surface area (Å²) in [5.41, 5.74) is 0.761. The number of aromatic carboxylic acids is 1. The number of urea groups is 1. The van der Waals surface area contributed by atoms with Crippen LogP contribution in [-0.2, 0) is 6.54 Å². The summed E-state index contributed by atoms with van der Waals surface area (Å²) in [6.07, 6.45) is 3.99. The van der Waals surface area contributed by atoms with Gasteiger partial charge in [-0.1, -0.05) is 13.0 Å². The number of hydrogen-bond donors (Lipinski definition) is 3. The van der Waals surface area contributed by atoms with Gasteiger partial charge in [0.2, 0.25) is 0 Å². The number of carboxylic acid groups (broad SMARTS) is 1. The van der Waals surface area contributed by atoms with Gasteiger partial charge in [0.1, 0.15) is 5.69 Å². The van der Waals surface area contributed by atoms with Crippen LogP contribution in [0.5, 0.6) is 0 Å². The lowest BCUT2D eigenvalue weighted by atomic mass is 10.1. The van der Waals surface area contributed by atoms with Crippen molar-refractivity contribution in [2.45, 2.75) is 26.3 Å². The fraction of sp³-hybridized carbons (Fsp3) is 0.500. The molecular formula is C14H19N3O3. The van der Waals surface area contributed by atoms with E-state index in [4.69, 9.17) is 5.11 Å². The molecule has 0 bridgehead atoms. The molecule has 1 saturated carbocycles. The third-order valence-electron chi connectivity index (χ3n) is 3.51. The van der Waals surface area contributed by atoms with Gasteiger partial charge in [0, 0.05) is 19.3 Å². The maximum absolute atomic E-state index is 11.6. The largest absolute Gasteiger partial charge is 0.477 e. The lowest BCUT2D eigenvalue weighted by molar-refractivity contribution is 0.0690. The van der Waals surface area contributed by atoms with E-state index in [-0.39, 0.29) is 11.7 Å². The van der Waals surface area contributed by atoms with Crippen LogP contribution in [0.3, 0.4) is 0 Å². The Balaban J connectivity index is 1.70. The van der Waals surface area contributed by atoms with Crippen LogP contribution in [0.4, 0.5) is 4.79 Å². The quantitative estimate of drug-likeness (QED) is 0.737. The van der Waals surface area contributed by atoms with Crippen molar-refractivity contribution in [1.29, 1.82) is 0 Å². The van der Waals surface area contributed by atoms with Gasteiger partial charge in [0.15, 0.2) is 0 Å².